The lowest BCUT2D eigenvalue weighted by Gasteiger charge is -2.08. The van der Waals surface area contributed by atoms with Crippen LogP contribution in [0.25, 0.3) is 0 Å². The lowest BCUT2D eigenvalue weighted by molar-refractivity contribution is -0.118. The van der Waals surface area contributed by atoms with Crippen LogP contribution in [0.4, 0.5) is 10.8 Å². The number of thioether (sulfide) groups is 1. The second kappa shape index (κ2) is 9.38. The van der Waals surface area contributed by atoms with Gasteiger partial charge in [-0.05, 0) is 36.4 Å². The van der Waals surface area contributed by atoms with Gasteiger partial charge in [-0.1, -0.05) is 35.2 Å². The van der Waals surface area contributed by atoms with Gasteiger partial charge in [0.2, 0.25) is 11.0 Å². The third-order valence-electron chi connectivity index (χ3n) is 3.99. The molecule has 0 bridgehead atoms. The zero-order valence-electron chi connectivity index (χ0n) is 15.3. The summed E-state index contributed by atoms with van der Waals surface area (Å²) >= 11 is 4.62. The highest BCUT2D eigenvalue weighted by Gasteiger charge is 2.29. The Balaban J connectivity index is 1.23. The van der Waals surface area contributed by atoms with Gasteiger partial charge < -0.3 is 10.1 Å². The molecular formula is C19H18N4O3S3. The number of amides is 2. The second-order valence-electron chi connectivity index (χ2n) is 6.37. The maximum atomic E-state index is 12.1. The van der Waals surface area contributed by atoms with Crippen LogP contribution < -0.4 is 15.4 Å². The Kier molecular flexibility index (Phi) is 6.43. The summed E-state index contributed by atoms with van der Waals surface area (Å²) in [6.07, 6.45) is 1.89. The standard InChI is InChI=1S/C19H18N4O3S3/c24-16(21-18-22-23-19(29-18)28-11-15-5-2-8-27-15)10-26-14-4-1-3-13(9-14)20-17(25)12-6-7-12/h1-5,8-9,12H,6-7,10-11H2,(H,20,25)(H,21,22,24). The van der Waals surface area contributed by atoms with E-state index < -0.39 is 0 Å². The molecule has 1 aliphatic carbocycles. The Hall–Kier alpha value is -2.43. The topological polar surface area (TPSA) is 93.2 Å². The highest BCUT2D eigenvalue weighted by molar-refractivity contribution is 8.00. The molecule has 1 aromatic carbocycles. The van der Waals surface area contributed by atoms with Gasteiger partial charge in [-0.2, -0.15) is 0 Å². The summed E-state index contributed by atoms with van der Waals surface area (Å²) in [6.45, 7) is -0.155. The van der Waals surface area contributed by atoms with Crippen molar-refractivity contribution < 1.29 is 14.3 Å². The number of thiophene rings is 1. The quantitative estimate of drug-likeness (QED) is 0.377. The fraction of sp³-hybridized carbons (Fsp3) is 0.263. The van der Waals surface area contributed by atoms with Crippen molar-refractivity contribution in [3.8, 4) is 5.75 Å². The molecule has 0 aliphatic heterocycles. The molecule has 1 saturated carbocycles. The number of aromatic nitrogens is 2. The number of benzene rings is 1. The van der Waals surface area contributed by atoms with Crippen LogP contribution in [0.3, 0.4) is 0 Å². The molecule has 2 heterocycles. The molecule has 3 aromatic rings. The van der Waals surface area contributed by atoms with E-state index in [0.29, 0.717) is 16.6 Å². The van der Waals surface area contributed by atoms with Gasteiger partial charge >= 0.3 is 0 Å². The molecule has 0 radical (unpaired) electrons. The number of hydrogen-bond donors (Lipinski definition) is 2. The molecular weight excluding hydrogens is 428 g/mol. The lowest BCUT2D eigenvalue weighted by atomic mass is 10.3. The van der Waals surface area contributed by atoms with Crippen molar-refractivity contribution in [3.63, 3.8) is 0 Å². The number of anilines is 2. The Bertz CT molecular complexity index is 986. The van der Waals surface area contributed by atoms with E-state index in [-0.39, 0.29) is 24.3 Å². The summed E-state index contributed by atoms with van der Waals surface area (Å²) in [7, 11) is 0. The van der Waals surface area contributed by atoms with Gasteiger partial charge in [-0.3, -0.25) is 14.9 Å². The molecule has 1 fully saturated rings. The van der Waals surface area contributed by atoms with E-state index in [1.807, 2.05) is 11.4 Å². The number of rotatable bonds is 9. The number of nitrogens with one attached hydrogen (secondary N) is 2. The van der Waals surface area contributed by atoms with Crippen LogP contribution in [0, 0.1) is 5.92 Å². The summed E-state index contributed by atoms with van der Waals surface area (Å²) in [4.78, 5) is 25.2. The van der Waals surface area contributed by atoms with Crippen LogP contribution in [-0.4, -0.2) is 28.6 Å². The molecule has 0 unspecified atom stereocenters. The molecule has 0 saturated heterocycles. The zero-order chi connectivity index (χ0) is 20.1. The SMILES string of the molecule is O=C(COc1cccc(NC(=O)C2CC2)c1)Nc1nnc(SCc2cccs2)s1. The first-order valence-corrected chi connectivity index (χ1v) is 11.7. The van der Waals surface area contributed by atoms with Gasteiger partial charge in [-0.25, -0.2) is 0 Å². The lowest BCUT2D eigenvalue weighted by Crippen LogP contribution is -2.20. The van der Waals surface area contributed by atoms with E-state index >= 15 is 0 Å². The van der Waals surface area contributed by atoms with Crippen molar-refractivity contribution in [1.29, 1.82) is 0 Å². The molecule has 2 N–H and O–H groups in total. The molecule has 1 aliphatic rings. The van der Waals surface area contributed by atoms with Crippen LogP contribution in [-0.2, 0) is 15.3 Å². The summed E-state index contributed by atoms with van der Waals surface area (Å²) in [5.74, 6) is 1.19. The first kappa shape index (κ1) is 19.9. The highest BCUT2D eigenvalue weighted by atomic mass is 32.2. The third kappa shape index (κ3) is 6.02. The minimum atomic E-state index is -0.316. The van der Waals surface area contributed by atoms with Crippen molar-refractivity contribution in [2.45, 2.75) is 22.9 Å². The average Bonchev–Trinajstić information content (AvgIpc) is 3.26. The third-order valence-corrected chi connectivity index (χ3v) is 7.07. The van der Waals surface area contributed by atoms with Crippen molar-refractivity contribution in [2.24, 2.45) is 5.92 Å². The molecule has 0 atom stereocenters. The Morgan fingerprint density at radius 2 is 2.07 bits per heavy atom. The van der Waals surface area contributed by atoms with Gasteiger partial charge in [0.1, 0.15) is 5.75 Å². The summed E-state index contributed by atoms with van der Waals surface area (Å²) in [6, 6.07) is 11.1. The molecule has 2 aromatic heterocycles. The van der Waals surface area contributed by atoms with E-state index in [4.69, 9.17) is 4.74 Å². The van der Waals surface area contributed by atoms with Crippen LogP contribution in [0.1, 0.15) is 17.7 Å². The number of carbonyl (C=O) groups excluding carboxylic acids is 2. The first-order chi connectivity index (χ1) is 14.2. The summed E-state index contributed by atoms with van der Waals surface area (Å²) < 4.78 is 6.33. The monoisotopic (exact) mass is 446 g/mol. The second-order valence-corrected chi connectivity index (χ2v) is 9.60. The molecule has 150 valence electrons. The maximum absolute atomic E-state index is 12.1. The van der Waals surface area contributed by atoms with E-state index in [9.17, 15) is 9.59 Å². The Morgan fingerprint density at radius 1 is 1.17 bits per heavy atom. The Morgan fingerprint density at radius 3 is 2.86 bits per heavy atom. The van der Waals surface area contributed by atoms with Crippen molar-refractivity contribution in [2.75, 3.05) is 17.2 Å². The Labute approximate surface area is 179 Å². The predicted molar refractivity (Wildman–Crippen MR) is 116 cm³/mol. The summed E-state index contributed by atoms with van der Waals surface area (Å²) in [5.41, 5.74) is 0.663. The minimum absolute atomic E-state index is 0.0314. The maximum Gasteiger partial charge on any atom is 0.264 e. The van der Waals surface area contributed by atoms with E-state index in [1.165, 1.54) is 16.2 Å². The van der Waals surface area contributed by atoms with Crippen LogP contribution in [0.2, 0.25) is 0 Å². The molecule has 0 spiro atoms. The van der Waals surface area contributed by atoms with Crippen molar-refractivity contribution >= 4 is 57.1 Å². The van der Waals surface area contributed by atoms with Gasteiger partial charge in [0.15, 0.2) is 10.9 Å². The van der Waals surface area contributed by atoms with Gasteiger partial charge in [0.05, 0.1) is 0 Å². The van der Waals surface area contributed by atoms with Crippen LogP contribution >= 0.6 is 34.4 Å². The van der Waals surface area contributed by atoms with Gasteiger partial charge in [0.25, 0.3) is 5.91 Å². The van der Waals surface area contributed by atoms with E-state index in [0.717, 1.165) is 22.9 Å². The largest absolute Gasteiger partial charge is 0.484 e. The normalized spacial score (nSPS) is 13.1. The number of ether oxygens (including phenoxy) is 1. The molecule has 2 amide bonds. The highest BCUT2D eigenvalue weighted by Crippen LogP contribution is 2.31. The van der Waals surface area contributed by atoms with E-state index in [2.05, 4.69) is 26.9 Å². The minimum Gasteiger partial charge on any atom is -0.484 e. The fourth-order valence-electron chi connectivity index (χ4n) is 2.40. The van der Waals surface area contributed by atoms with Crippen LogP contribution in [0.15, 0.2) is 46.1 Å². The molecule has 7 nitrogen and oxygen atoms in total. The van der Waals surface area contributed by atoms with E-state index in [1.54, 1.807) is 47.4 Å². The van der Waals surface area contributed by atoms with Gasteiger partial charge in [0, 0.05) is 28.3 Å². The predicted octanol–water partition coefficient (Wildman–Crippen LogP) is 4.26. The summed E-state index contributed by atoms with van der Waals surface area (Å²) in [5, 5.41) is 16.1. The first-order valence-electron chi connectivity index (χ1n) is 8.98. The van der Waals surface area contributed by atoms with Crippen molar-refractivity contribution in [1.82, 2.24) is 10.2 Å². The number of hydrogen-bond acceptors (Lipinski definition) is 8. The zero-order valence-corrected chi connectivity index (χ0v) is 17.7. The number of nitrogens with zero attached hydrogens (tertiary/aromatic N) is 2. The number of carbonyl (C=O) groups is 2. The molecule has 10 heteroatoms. The smallest absolute Gasteiger partial charge is 0.264 e. The van der Waals surface area contributed by atoms with Crippen molar-refractivity contribution in [3.05, 3.63) is 46.7 Å². The van der Waals surface area contributed by atoms with Crippen LogP contribution in [0.5, 0.6) is 5.75 Å². The molecule has 29 heavy (non-hydrogen) atoms. The fourth-order valence-corrected chi connectivity index (χ4v) is 4.95. The molecule has 4 rings (SSSR count). The average molecular weight is 447 g/mol. The van der Waals surface area contributed by atoms with Gasteiger partial charge in [-0.15, -0.1) is 21.5 Å².